The van der Waals surface area contributed by atoms with Gasteiger partial charge in [-0.3, -0.25) is 0 Å². The first kappa shape index (κ1) is 15.6. The van der Waals surface area contributed by atoms with Crippen molar-refractivity contribution in [1.82, 2.24) is 5.32 Å². The van der Waals surface area contributed by atoms with Crippen molar-refractivity contribution < 1.29 is 4.74 Å². The second kappa shape index (κ2) is 7.80. The van der Waals surface area contributed by atoms with Crippen LogP contribution in [0, 0.1) is 0 Å². The van der Waals surface area contributed by atoms with Gasteiger partial charge in [-0.2, -0.15) is 23.5 Å². The summed E-state index contributed by atoms with van der Waals surface area (Å²) in [5.41, 5.74) is 1.41. The maximum Gasteiger partial charge on any atom is 0.119 e. The van der Waals surface area contributed by atoms with Crippen molar-refractivity contribution in [3.63, 3.8) is 0 Å². The Labute approximate surface area is 136 Å². The maximum atomic E-state index is 5.86. The van der Waals surface area contributed by atoms with Gasteiger partial charge in [0.25, 0.3) is 0 Å². The molecule has 1 aromatic rings. The third-order valence-electron chi connectivity index (χ3n) is 3.89. The topological polar surface area (TPSA) is 21.3 Å². The normalized spacial score (nSPS) is 23.8. The van der Waals surface area contributed by atoms with Gasteiger partial charge in [-0.05, 0) is 43.5 Å². The first-order valence-corrected chi connectivity index (χ1v) is 10.3. The highest BCUT2D eigenvalue weighted by molar-refractivity contribution is 8.06. The fourth-order valence-corrected chi connectivity index (χ4v) is 5.46. The van der Waals surface area contributed by atoms with Crippen molar-refractivity contribution in [1.29, 1.82) is 0 Å². The van der Waals surface area contributed by atoms with Crippen LogP contribution in [0.15, 0.2) is 24.3 Å². The van der Waals surface area contributed by atoms with Crippen molar-refractivity contribution in [3.05, 3.63) is 29.8 Å². The Hall–Kier alpha value is -0.320. The first-order chi connectivity index (χ1) is 10.4. The van der Waals surface area contributed by atoms with E-state index in [1.165, 1.54) is 42.1 Å². The molecule has 0 spiro atoms. The standard InChI is InChI=1S/C17H25NOS2/c1-2-9-18-17(16-12-20-10-11-21-16)13-3-5-14(6-4-13)19-15-7-8-15/h3-6,15-18H,2,7-12H2,1H3. The molecule has 2 aliphatic rings. The van der Waals surface area contributed by atoms with Gasteiger partial charge in [0.1, 0.15) is 5.75 Å². The van der Waals surface area contributed by atoms with Gasteiger partial charge in [0, 0.05) is 28.6 Å². The minimum absolute atomic E-state index is 0.470. The van der Waals surface area contributed by atoms with Gasteiger partial charge in [0.2, 0.25) is 0 Å². The quantitative estimate of drug-likeness (QED) is 0.814. The summed E-state index contributed by atoms with van der Waals surface area (Å²) in [6.07, 6.45) is 4.11. The number of benzene rings is 1. The molecule has 0 aromatic heterocycles. The average Bonchev–Trinajstić information content (AvgIpc) is 3.34. The van der Waals surface area contributed by atoms with Gasteiger partial charge in [0.05, 0.1) is 6.10 Å². The van der Waals surface area contributed by atoms with E-state index in [9.17, 15) is 0 Å². The Morgan fingerprint density at radius 3 is 2.67 bits per heavy atom. The lowest BCUT2D eigenvalue weighted by Gasteiger charge is -2.30. The smallest absolute Gasteiger partial charge is 0.119 e. The van der Waals surface area contributed by atoms with Crippen LogP contribution >= 0.6 is 23.5 Å². The van der Waals surface area contributed by atoms with Crippen LogP contribution < -0.4 is 10.1 Å². The predicted octanol–water partition coefficient (Wildman–Crippen LogP) is 4.12. The van der Waals surface area contributed by atoms with E-state index in [0.717, 1.165) is 12.3 Å². The van der Waals surface area contributed by atoms with Crippen LogP contribution in [0.25, 0.3) is 0 Å². The van der Waals surface area contributed by atoms with Crippen LogP contribution in [0.2, 0.25) is 0 Å². The van der Waals surface area contributed by atoms with Crippen molar-refractivity contribution in [2.45, 2.75) is 43.6 Å². The Morgan fingerprint density at radius 2 is 2.05 bits per heavy atom. The van der Waals surface area contributed by atoms with Crippen LogP contribution in [-0.2, 0) is 0 Å². The predicted molar refractivity (Wildman–Crippen MR) is 94.7 cm³/mol. The summed E-state index contributed by atoms with van der Waals surface area (Å²) in [4.78, 5) is 0. The maximum absolute atomic E-state index is 5.86. The molecule has 2 nitrogen and oxygen atoms in total. The highest BCUT2D eigenvalue weighted by Crippen LogP contribution is 2.34. The molecule has 2 atom stereocenters. The van der Waals surface area contributed by atoms with E-state index in [4.69, 9.17) is 4.74 Å². The lowest BCUT2D eigenvalue weighted by molar-refractivity contribution is 0.303. The lowest BCUT2D eigenvalue weighted by atomic mass is 10.0. The van der Waals surface area contributed by atoms with Crippen LogP contribution in [0.3, 0.4) is 0 Å². The summed E-state index contributed by atoms with van der Waals surface area (Å²) in [7, 11) is 0. The zero-order valence-electron chi connectivity index (χ0n) is 12.7. The van der Waals surface area contributed by atoms with E-state index in [-0.39, 0.29) is 0 Å². The monoisotopic (exact) mass is 323 g/mol. The minimum Gasteiger partial charge on any atom is -0.490 e. The molecule has 0 amide bonds. The zero-order valence-corrected chi connectivity index (χ0v) is 14.3. The fourth-order valence-electron chi connectivity index (χ4n) is 2.59. The van der Waals surface area contributed by atoms with Crippen molar-refractivity contribution in [3.8, 4) is 5.75 Å². The average molecular weight is 324 g/mol. The molecule has 1 saturated heterocycles. The highest BCUT2D eigenvalue weighted by atomic mass is 32.2. The van der Waals surface area contributed by atoms with Crippen LogP contribution in [0.1, 0.15) is 37.8 Å². The third kappa shape index (κ3) is 4.57. The van der Waals surface area contributed by atoms with Crippen LogP contribution in [0.4, 0.5) is 0 Å². The second-order valence-corrected chi connectivity index (χ2v) is 8.30. The molecule has 1 aliphatic carbocycles. The molecular weight excluding hydrogens is 298 g/mol. The number of thioether (sulfide) groups is 2. The Bertz CT molecular complexity index is 427. The SMILES string of the molecule is CCCNC(c1ccc(OC2CC2)cc1)C1CSCCS1. The van der Waals surface area contributed by atoms with E-state index in [0.29, 0.717) is 17.4 Å². The molecule has 2 fully saturated rings. The summed E-state index contributed by atoms with van der Waals surface area (Å²) >= 11 is 4.22. The Balaban J connectivity index is 1.67. The van der Waals surface area contributed by atoms with E-state index in [2.05, 4.69) is 60.0 Å². The van der Waals surface area contributed by atoms with Crippen molar-refractivity contribution in [2.24, 2.45) is 0 Å². The largest absolute Gasteiger partial charge is 0.490 e. The summed E-state index contributed by atoms with van der Waals surface area (Å²) in [6, 6.07) is 9.28. The van der Waals surface area contributed by atoms with Crippen LogP contribution in [0.5, 0.6) is 5.75 Å². The van der Waals surface area contributed by atoms with Gasteiger partial charge in [-0.1, -0.05) is 19.1 Å². The Kier molecular flexibility index (Phi) is 5.78. The summed E-state index contributed by atoms with van der Waals surface area (Å²) in [5, 5.41) is 4.44. The lowest BCUT2D eigenvalue weighted by Crippen LogP contribution is -2.34. The van der Waals surface area contributed by atoms with Crippen molar-refractivity contribution in [2.75, 3.05) is 23.8 Å². The van der Waals surface area contributed by atoms with Crippen molar-refractivity contribution >= 4 is 23.5 Å². The number of hydrogen-bond donors (Lipinski definition) is 1. The Morgan fingerprint density at radius 1 is 1.24 bits per heavy atom. The molecule has 0 bridgehead atoms. The molecular formula is C17H25NOS2. The summed E-state index contributed by atoms with van der Waals surface area (Å²) < 4.78 is 5.86. The summed E-state index contributed by atoms with van der Waals surface area (Å²) in [5.74, 6) is 4.87. The van der Waals surface area contributed by atoms with Gasteiger partial charge >= 0.3 is 0 Å². The molecule has 21 heavy (non-hydrogen) atoms. The molecule has 1 aromatic carbocycles. The third-order valence-corrected chi connectivity index (χ3v) is 6.76. The fraction of sp³-hybridized carbons (Fsp3) is 0.647. The van der Waals surface area contributed by atoms with Crippen LogP contribution in [-0.4, -0.2) is 35.2 Å². The molecule has 1 heterocycles. The zero-order chi connectivity index (χ0) is 14.5. The van der Waals surface area contributed by atoms with Gasteiger partial charge in [-0.15, -0.1) is 0 Å². The minimum atomic E-state index is 0.470. The molecule has 2 unspecified atom stereocenters. The van der Waals surface area contributed by atoms with Gasteiger partial charge in [-0.25, -0.2) is 0 Å². The number of nitrogens with one attached hydrogen (secondary N) is 1. The highest BCUT2D eigenvalue weighted by Gasteiger charge is 2.26. The first-order valence-electron chi connectivity index (χ1n) is 8.06. The molecule has 3 rings (SSSR count). The molecule has 1 saturated carbocycles. The molecule has 4 heteroatoms. The molecule has 116 valence electrons. The number of rotatable bonds is 7. The van der Waals surface area contributed by atoms with E-state index < -0.39 is 0 Å². The second-order valence-electron chi connectivity index (χ2n) is 5.80. The number of hydrogen-bond acceptors (Lipinski definition) is 4. The summed E-state index contributed by atoms with van der Waals surface area (Å²) in [6.45, 7) is 3.33. The van der Waals surface area contributed by atoms with E-state index >= 15 is 0 Å². The molecule has 1 N–H and O–H groups in total. The molecule has 0 radical (unpaired) electrons. The number of ether oxygens (including phenoxy) is 1. The van der Waals surface area contributed by atoms with Gasteiger partial charge in [0.15, 0.2) is 0 Å². The van der Waals surface area contributed by atoms with E-state index in [1.807, 2.05) is 0 Å². The van der Waals surface area contributed by atoms with Gasteiger partial charge < -0.3 is 10.1 Å². The molecule has 1 aliphatic heterocycles. The van der Waals surface area contributed by atoms with E-state index in [1.54, 1.807) is 0 Å².